The number of hydrogen-bond acceptors (Lipinski definition) is 5. The van der Waals surface area contributed by atoms with Crippen LogP contribution in [0.5, 0.6) is 0 Å². The van der Waals surface area contributed by atoms with Crippen LogP contribution in [-0.2, 0) is 20.7 Å². The van der Waals surface area contributed by atoms with Crippen LogP contribution in [0.3, 0.4) is 0 Å². The van der Waals surface area contributed by atoms with Gasteiger partial charge in [0.1, 0.15) is 5.82 Å². The van der Waals surface area contributed by atoms with Crippen LogP contribution in [0.2, 0.25) is 0 Å². The molecule has 1 aromatic heterocycles. The Kier molecular flexibility index (Phi) is 6.35. The van der Waals surface area contributed by atoms with Gasteiger partial charge in [-0.25, -0.2) is 4.98 Å². The third kappa shape index (κ3) is 4.72. The van der Waals surface area contributed by atoms with E-state index in [0.29, 0.717) is 23.1 Å². The van der Waals surface area contributed by atoms with Crippen LogP contribution in [0.4, 0.5) is 0 Å². The van der Waals surface area contributed by atoms with Crippen molar-refractivity contribution in [2.24, 2.45) is 0 Å². The Balaban J connectivity index is 1.36. The van der Waals surface area contributed by atoms with Crippen molar-refractivity contribution >= 4 is 22.8 Å². The lowest BCUT2D eigenvalue weighted by Crippen LogP contribution is -2.33. The molecule has 1 atom stereocenters. The minimum absolute atomic E-state index is 0.0583. The summed E-state index contributed by atoms with van der Waals surface area (Å²) in [4.78, 5) is 43.9. The predicted octanol–water partition coefficient (Wildman–Crippen LogP) is 3.43. The van der Waals surface area contributed by atoms with Gasteiger partial charge in [-0.15, -0.1) is 0 Å². The van der Waals surface area contributed by atoms with Crippen molar-refractivity contribution in [1.29, 1.82) is 0 Å². The number of ether oxygens (including phenoxy) is 1. The Morgan fingerprint density at radius 1 is 1.12 bits per heavy atom. The largest absolute Gasteiger partial charge is 0.456 e. The molecule has 0 bridgehead atoms. The van der Waals surface area contributed by atoms with Crippen LogP contribution < -0.4 is 5.56 Å². The molecular weight excluding hydrogens is 406 g/mol. The van der Waals surface area contributed by atoms with Crippen LogP contribution >= 0.6 is 0 Å². The van der Waals surface area contributed by atoms with Gasteiger partial charge in [-0.05, 0) is 37.5 Å². The topological polar surface area (TPSA) is 81.5 Å². The molecule has 1 fully saturated rings. The second kappa shape index (κ2) is 9.34. The molecule has 2 aromatic carbocycles. The third-order valence-corrected chi connectivity index (χ3v) is 5.96. The zero-order chi connectivity index (χ0) is 22.7. The van der Waals surface area contributed by atoms with E-state index in [0.717, 1.165) is 18.4 Å². The fourth-order valence-electron chi connectivity index (χ4n) is 3.78. The molecule has 0 aliphatic heterocycles. The first-order valence-corrected chi connectivity index (χ1v) is 10.9. The minimum Gasteiger partial charge on any atom is -0.456 e. The summed E-state index contributed by atoms with van der Waals surface area (Å²) >= 11 is 0. The normalized spacial score (nSPS) is 14.2. The molecule has 32 heavy (non-hydrogen) atoms. The summed E-state index contributed by atoms with van der Waals surface area (Å²) in [6.45, 7) is 1.62. The maximum absolute atomic E-state index is 12.9. The highest BCUT2D eigenvalue weighted by Crippen LogP contribution is 2.34. The highest BCUT2D eigenvalue weighted by molar-refractivity contribution is 5.81. The van der Waals surface area contributed by atoms with Crippen molar-refractivity contribution in [1.82, 2.24) is 14.5 Å². The van der Waals surface area contributed by atoms with E-state index in [9.17, 15) is 14.4 Å². The van der Waals surface area contributed by atoms with Crippen LogP contribution in [0.1, 0.15) is 49.7 Å². The van der Waals surface area contributed by atoms with Crippen LogP contribution in [0.25, 0.3) is 10.9 Å². The number of fused-ring (bicyclic) bond motifs is 1. The third-order valence-electron chi connectivity index (χ3n) is 5.96. The number of carbonyl (C=O) groups excluding carboxylic acids is 2. The molecule has 0 spiro atoms. The molecule has 1 amide bonds. The number of hydrogen-bond donors (Lipinski definition) is 0. The highest BCUT2D eigenvalue weighted by atomic mass is 16.5. The minimum atomic E-state index is -0.483. The second-order valence-corrected chi connectivity index (χ2v) is 8.20. The van der Waals surface area contributed by atoms with Gasteiger partial charge in [-0.1, -0.05) is 42.5 Å². The van der Waals surface area contributed by atoms with Crippen LogP contribution in [0, 0.1) is 0 Å². The Labute approximate surface area is 186 Å². The predicted molar refractivity (Wildman–Crippen MR) is 121 cm³/mol. The Morgan fingerprint density at radius 3 is 2.53 bits per heavy atom. The molecule has 0 radical (unpaired) electrons. The smallest absolute Gasteiger partial charge is 0.306 e. The lowest BCUT2D eigenvalue weighted by molar-refractivity contribution is -0.152. The van der Waals surface area contributed by atoms with Gasteiger partial charge in [0.2, 0.25) is 0 Å². The summed E-state index contributed by atoms with van der Waals surface area (Å²) in [5, 5.41) is 0.590. The van der Waals surface area contributed by atoms with Gasteiger partial charge in [0.05, 0.1) is 23.4 Å². The van der Waals surface area contributed by atoms with E-state index in [4.69, 9.17) is 4.74 Å². The van der Waals surface area contributed by atoms with Gasteiger partial charge >= 0.3 is 5.97 Å². The van der Waals surface area contributed by atoms with E-state index >= 15 is 0 Å². The molecular formula is C25H27N3O4. The van der Waals surface area contributed by atoms with E-state index in [-0.39, 0.29) is 36.6 Å². The Morgan fingerprint density at radius 2 is 1.81 bits per heavy atom. The Hall–Kier alpha value is -3.48. The van der Waals surface area contributed by atoms with Gasteiger partial charge in [-0.3, -0.25) is 19.0 Å². The van der Waals surface area contributed by atoms with E-state index in [2.05, 4.69) is 4.98 Å². The van der Waals surface area contributed by atoms with Crippen molar-refractivity contribution in [3.63, 3.8) is 0 Å². The van der Waals surface area contributed by atoms with Crippen molar-refractivity contribution in [3.05, 3.63) is 76.3 Å². The van der Waals surface area contributed by atoms with Crippen molar-refractivity contribution < 1.29 is 14.3 Å². The van der Waals surface area contributed by atoms with Crippen molar-refractivity contribution in [2.45, 2.75) is 44.7 Å². The maximum atomic E-state index is 12.9. The summed E-state index contributed by atoms with van der Waals surface area (Å²) in [5.74, 6) is -0.161. The molecule has 1 unspecified atom stereocenters. The first kappa shape index (κ1) is 21.7. The van der Waals surface area contributed by atoms with E-state index in [1.165, 1.54) is 0 Å². The van der Waals surface area contributed by atoms with Crippen molar-refractivity contribution in [3.8, 4) is 0 Å². The molecule has 1 aliphatic carbocycles. The first-order chi connectivity index (χ1) is 15.5. The number of carbonyl (C=O) groups is 2. The SMILES string of the molecule is CC(c1ccccc1)N(C)C(=O)COC(=O)CCc1nc2ccccc2c(=O)n1C1CC1. The van der Waals surface area contributed by atoms with Gasteiger partial charge < -0.3 is 9.64 Å². The number of para-hydroxylation sites is 1. The average Bonchev–Trinajstić information content (AvgIpc) is 3.66. The zero-order valence-electron chi connectivity index (χ0n) is 18.4. The number of rotatable bonds is 8. The molecule has 0 N–H and O–H groups in total. The van der Waals surface area contributed by atoms with Crippen LogP contribution in [0.15, 0.2) is 59.4 Å². The molecule has 7 nitrogen and oxygen atoms in total. The fourth-order valence-corrected chi connectivity index (χ4v) is 3.78. The number of aryl methyl sites for hydroxylation is 1. The molecule has 4 rings (SSSR count). The molecule has 1 aliphatic rings. The number of aromatic nitrogens is 2. The standard InChI is InChI=1S/C25H27N3O4/c1-17(18-8-4-3-5-9-18)27(2)23(29)16-32-24(30)15-14-22-26-21-11-7-6-10-20(21)25(31)28(22)19-12-13-19/h3-11,17,19H,12-16H2,1-2H3. The molecule has 166 valence electrons. The van der Waals surface area contributed by atoms with Gasteiger partial charge in [-0.2, -0.15) is 0 Å². The summed E-state index contributed by atoms with van der Waals surface area (Å²) in [5.41, 5.74) is 1.58. The quantitative estimate of drug-likeness (QED) is 0.509. The van der Waals surface area contributed by atoms with Gasteiger partial charge in [0.15, 0.2) is 6.61 Å². The van der Waals surface area contributed by atoms with E-state index in [1.54, 1.807) is 28.6 Å². The maximum Gasteiger partial charge on any atom is 0.306 e. The number of likely N-dealkylation sites (N-methyl/N-ethyl adjacent to an activating group) is 1. The average molecular weight is 434 g/mol. The zero-order valence-corrected chi connectivity index (χ0v) is 18.4. The fraction of sp³-hybridized carbons (Fsp3) is 0.360. The summed E-state index contributed by atoms with van der Waals surface area (Å²) in [6, 6.07) is 17.0. The molecule has 7 heteroatoms. The number of benzene rings is 2. The van der Waals surface area contributed by atoms with Gasteiger partial charge in [0, 0.05) is 19.5 Å². The van der Waals surface area contributed by atoms with Crippen LogP contribution in [-0.4, -0.2) is 40.0 Å². The first-order valence-electron chi connectivity index (χ1n) is 10.9. The molecule has 0 saturated heterocycles. The molecule has 1 saturated carbocycles. The second-order valence-electron chi connectivity index (χ2n) is 8.20. The molecule has 3 aromatic rings. The summed E-state index contributed by atoms with van der Waals surface area (Å²) in [7, 11) is 1.70. The van der Waals surface area contributed by atoms with Gasteiger partial charge in [0.25, 0.3) is 11.5 Å². The van der Waals surface area contributed by atoms with E-state index in [1.807, 2.05) is 49.4 Å². The van der Waals surface area contributed by atoms with Crippen molar-refractivity contribution in [2.75, 3.05) is 13.7 Å². The van der Waals surface area contributed by atoms with E-state index < -0.39 is 5.97 Å². The highest BCUT2D eigenvalue weighted by Gasteiger charge is 2.28. The number of nitrogens with zero attached hydrogens (tertiary/aromatic N) is 3. The number of esters is 1. The lowest BCUT2D eigenvalue weighted by atomic mass is 10.1. The number of amides is 1. The monoisotopic (exact) mass is 433 g/mol. The summed E-state index contributed by atoms with van der Waals surface area (Å²) in [6.07, 6.45) is 2.23. The molecule has 1 heterocycles. The lowest BCUT2D eigenvalue weighted by Gasteiger charge is -2.25. The summed E-state index contributed by atoms with van der Waals surface area (Å²) < 4.78 is 6.94. The Bertz CT molecular complexity index is 1180.